The highest BCUT2D eigenvalue weighted by molar-refractivity contribution is 7.99. The zero-order valence-electron chi connectivity index (χ0n) is 10.8. The molecule has 8 nitrogen and oxygen atoms in total. The Morgan fingerprint density at radius 3 is 2.67 bits per heavy atom. The summed E-state index contributed by atoms with van der Waals surface area (Å²) in [4.78, 5) is 26.6. The summed E-state index contributed by atoms with van der Waals surface area (Å²) in [6.07, 6.45) is 1.42. The SMILES string of the molecule is O=C(O)COCC(=O)Nc1ccc(Sc2ncn[nH]2)cc1. The first-order chi connectivity index (χ1) is 10.1. The van der Waals surface area contributed by atoms with Crippen LogP contribution in [0.2, 0.25) is 0 Å². The Morgan fingerprint density at radius 1 is 1.29 bits per heavy atom. The summed E-state index contributed by atoms with van der Waals surface area (Å²) < 4.78 is 4.69. The van der Waals surface area contributed by atoms with Gasteiger partial charge in [0.2, 0.25) is 5.91 Å². The molecule has 1 aromatic heterocycles. The van der Waals surface area contributed by atoms with E-state index in [0.29, 0.717) is 10.8 Å². The third-order valence-corrected chi connectivity index (χ3v) is 3.10. The molecule has 0 saturated carbocycles. The smallest absolute Gasteiger partial charge is 0.329 e. The quantitative estimate of drug-likeness (QED) is 0.698. The lowest BCUT2D eigenvalue weighted by Crippen LogP contribution is -2.20. The molecule has 0 bridgehead atoms. The molecular weight excluding hydrogens is 296 g/mol. The molecule has 0 unspecified atom stereocenters. The Bertz CT molecular complexity index is 600. The highest BCUT2D eigenvalue weighted by Crippen LogP contribution is 2.25. The maximum absolute atomic E-state index is 11.5. The van der Waals surface area contributed by atoms with Crippen molar-refractivity contribution in [3.8, 4) is 0 Å². The highest BCUT2D eigenvalue weighted by Gasteiger charge is 2.05. The average Bonchev–Trinajstić information content (AvgIpc) is 2.93. The Labute approximate surface area is 123 Å². The lowest BCUT2D eigenvalue weighted by Gasteiger charge is -2.06. The summed E-state index contributed by atoms with van der Waals surface area (Å²) in [7, 11) is 0. The van der Waals surface area contributed by atoms with Crippen molar-refractivity contribution < 1.29 is 19.4 Å². The van der Waals surface area contributed by atoms with Crippen LogP contribution in [0.25, 0.3) is 0 Å². The monoisotopic (exact) mass is 308 g/mol. The largest absolute Gasteiger partial charge is 0.480 e. The Hall–Kier alpha value is -2.39. The molecule has 21 heavy (non-hydrogen) atoms. The molecule has 1 amide bonds. The molecule has 1 aromatic carbocycles. The van der Waals surface area contributed by atoms with Gasteiger partial charge in [-0.2, -0.15) is 5.10 Å². The number of hydrogen-bond acceptors (Lipinski definition) is 6. The van der Waals surface area contributed by atoms with E-state index in [1.165, 1.54) is 18.1 Å². The van der Waals surface area contributed by atoms with Crippen LogP contribution in [0.1, 0.15) is 0 Å². The second-order valence-electron chi connectivity index (χ2n) is 3.85. The molecule has 2 rings (SSSR count). The summed E-state index contributed by atoms with van der Waals surface area (Å²) in [5, 5.41) is 18.1. The van der Waals surface area contributed by atoms with Gasteiger partial charge in [0, 0.05) is 10.6 Å². The molecule has 1 heterocycles. The van der Waals surface area contributed by atoms with Gasteiger partial charge in [0.25, 0.3) is 0 Å². The molecule has 0 spiro atoms. The van der Waals surface area contributed by atoms with Gasteiger partial charge in [0.15, 0.2) is 5.16 Å². The molecular formula is C12H12N4O4S. The number of rotatable bonds is 7. The predicted octanol–water partition coefficient (Wildman–Crippen LogP) is 0.996. The molecule has 0 aliphatic heterocycles. The minimum Gasteiger partial charge on any atom is -0.480 e. The third-order valence-electron chi connectivity index (χ3n) is 2.20. The van der Waals surface area contributed by atoms with E-state index >= 15 is 0 Å². The summed E-state index contributed by atoms with van der Waals surface area (Å²) in [6, 6.07) is 7.10. The first-order valence-corrected chi connectivity index (χ1v) is 6.68. The number of carboxylic acid groups (broad SMARTS) is 1. The van der Waals surface area contributed by atoms with Crippen molar-refractivity contribution >= 4 is 29.3 Å². The molecule has 0 atom stereocenters. The predicted molar refractivity (Wildman–Crippen MR) is 74.0 cm³/mol. The molecule has 0 radical (unpaired) electrons. The Balaban J connectivity index is 1.81. The topological polar surface area (TPSA) is 117 Å². The van der Waals surface area contributed by atoms with Crippen molar-refractivity contribution in [1.82, 2.24) is 15.2 Å². The normalized spacial score (nSPS) is 10.3. The molecule has 0 aliphatic carbocycles. The Morgan fingerprint density at radius 2 is 2.05 bits per heavy atom. The first-order valence-electron chi connectivity index (χ1n) is 5.86. The Kier molecular flexibility index (Phi) is 5.29. The van der Waals surface area contributed by atoms with Crippen LogP contribution < -0.4 is 5.32 Å². The molecule has 110 valence electrons. The third kappa shape index (κ3) is 5.24. The number of anilines is 1. The first kappa shape index (κ1) is 15.0. The summed E-state index contributed by atoms with van der Waals surface area (Å²) in [5.41, 5.74) is 0.598. The number of aromatic amines is 1. The maximum atomic E-state index is 11.5. The van der Waals surface area contributed by atoms with Crippen molar-refractivity contribution in [1.29, 1.82) is 0 Å². The van der Waals surface area contributed by atoms with Gasteiger partial charge < -0.3 is 15.2 Å². The van der Waals surface area contributed by atoms with Crippen molar-refractivity contribution in [2.75, 3.05) is 18.5 Å². The van der Waals surface area contributed by atoms with Gasteiger partial charge in [-0.05, 0) is 24.3 Å². The van der Waals surface area contributed by atoms with Gasteiger partial charge in [-0.1, -0.05) is 11.8 Å². The summed E-state index contributed by atoms with van der Waals surface area (Å²) in [6.45, 7) is -0.805. The minimum absolute atomic E-state index is 0.305. The number of nitrogens with zero attached hydrogens (tertiary/aromatic N) is 2. The minimum atomic E-state index is -1.11. The van der Waals surface area contributed by atoms with E-state index in [2.05, 4.69) is 25.2 Å². The fraction of sp³-hybridized carbons (Fsp3) is 0.167. The second kappa shape index (κ2) is 7.41. The van der Waals surface area contributed by atoms with Crippen LogP contribution in [0.3, 0.4) is 0 Å². The standard InChI is InChI=1S/C12H12N4O4S/c17-10(5-20-6-11(18)19)15-8-1-3-9(4-2-8)21-12-13-7-14-16-12/h1-4,7H,5-6H2,(H,15,17)(H,18,19)(H,13,14,16). The average molecular weight is 308 g/mol. The molecule has 2 aromatic rings. The van der Waals surface area contributed by atoms with Crippen LogP contribution >= 0.6 is 11.8 Å². The van der Waals surface area contributed by atoms with Crippen molar-refractivity contribution in [2.24, 2.45) is 0 Å². The van der Waals surface area contributed by atoms with E-state index in [1.807, 2.05) is 12.1 Å². The van der Waals surface area contributed by atoms with Crippen LogP contribution in [-0.2, 0) is 14.3 Å². The van der Waals surface area contributed by atoms with Crippen LogP contribution in [0.15, 0.2) is 40.6 Å². The van der Waals surface area contributed by atoms with Gasteiger partial charge >= 0.3 is 5.97 Å². The van der Waals surface area contributed by atoms with E-state index < -0.39 is 18.5 Å². The van der Waals surface area contributed by atoms with Crippen LogP contribution in [0.4, 0.5) is 5.69 Å². The van der Waals surface area contributed by atoms with Gasteiger partial charge in [-0.25, -0.2) is 9.78 Å². The van der Waals surface area contributed by atoms with E-state index in [1.54, 1.807) is 12.1 Å². The number of carbonyl (C=O) groups is 2. The molecule has 9 heteroatoms. The van der Waals surface area contributed by atoms with Gasteiger partial charge in [-0.3, -0.25) is 9.89 Å². The maximum Gasteiger partial charge on any atom is 0.329 e. The van der Waals surface area contributed by atoms with E-state index in [0.717, 1.165) is 4.90 Å². The number of ether oxygens (including phenoxy) is 1. The number of carboxylic acids is 1. The number of amides is 1. The number of carbonyl (C=O) groups excluding carboxylic acids is 1. The van der Waals surface area contributed by atoms with Gasteiger partial charge in [-0.15, -0.1) is 0 Å². The zero-order valence-corrected chi connectivity index (χ0v) is 11.6. The molecule has 0 fully saturated rings. The second-order valence-corrected chi connectivity index (χ2v) is 4.91. The van der Waals surface area contributed by atoms with E-state index in [-0.39, 0.29) is 6.61 Å². The lowest BCUT2D eigenvalue weighted by atomic mass is 10.3. The van der Waals surface area contributed by atoms with Gasteiger partial charge in [0.1, 0.15) is 19.5 Å². The molecule has 0 aliphatic rings. The molecule has 3 N–H and O–H groups in total. The van der Waals surface area contributed by atoms with Crippen LogP contribution in [0.5, 0.6) is 0 Å². The van der Waals surface area contributed by atoms with Crippen LogP contribution in [0, 0.1) is 0 Å². The summed E-state index contributed by atoms with van der Waals surface area (Å²) >= 11 is 1.41. The lowest BCUT2D eigenvalue weighted by molar-refractivity contribution is -0.143. The van der Waals surface area contributed by atoms with E-state index in [9.17, 15) is 9.59 Å². The number of benzene rings is 1. The fourth-order valence-corrected chi connectivity index (χ4v) is 2.08. The number of nitrogens with one attached hydrogen (secondary N) is 2. The van der Waals surface area contributed by atoms with E-state index in [4.69, 9.17) is 5.11 Å². The van der Waals surface area contributed by atoms with Gasteiger partial charge in [0.05, 0.1) is 0 Å². The number of hydrogen-bond donors (Lipinski definition) is 3. The van der Waals surface area contributed by atoms with Crippen molar-refractivity contribution in [3.63, 3.8) is 0 Å². The number of H-pyrrole nitrogens is 1. The zero-order chi connectivity index (χ0) is 15.1. The molecule has 0 saturated heterocycles. The number of aliphatic carboxylic acids is 1. The summed E-state index contributed by atoms with van der Waals surface area (Å²) in [5.74, 6) is -1.52. The fourth-order valence-electron chi connectivity index (χ4n) is 1.39. The van der Waals surface area contributed by atoms with Crippen molar-refractivity contribution in [2.45, 2.75) is 10.1 Å². The van der Waals surface area contributed by atoms with Crippen LogP contribution in [-0.4, -0.2) is 45.4 Å². The van der Waals surface area contributed by atoms with Crippen molar-refractivity contribution in [3.05, 3.63) is 30.6 Å². The number of aromatic nitrogens is 3. The highest BCUT2D eigenvalue weighted by atomic mass is 32.2.